The Morgan fingerprint density at radius 1 is 1.15 bits per heavy atom. The number of nitriles is 1. The molecule has 3 nitrogen and oxygen atoms in total. The molecule has 0 spiro atoms. The van der Waals surface area contributed by atoms with Crippen molar-refractivity contribution in [2.45, 2.75) is 12.6 Å². The van der Waals surface area contributed by atoms with Crippen molar-refractivity contribution in [2.75, 3.05) is 37.6 Å². The molecule has 0 amide bonds. The van der Waals surface area contributed by atoms with Gasteiger partial charge in [-0.3, -0.25) is 4.90 Å². The predicted molar refractivity (Wildman–Crippen MR) is 70.3 cm³/mol. The average molecular weight is 283 g/mol. The van der Waals surface area contributed by atoms with Gasteiger partial charge in [-0.05, 0) is 18.2 Å². The quantitative estimate of drug-likeness (QED) is 0.854. The third-order valence-electron chi connectivity index (χ3n) is 3.45. The van der Waals surface area contributed by atoms with Crippen molar-refractivity contribution in [1.29, 1.82) is 5.26 Å². The van der Waals surface area contributed by atoms with Crippen LogP contribution in [0, 0.1) is 11.3 Å². The fourth-order valence-corrected chi connectivity index (χ4v) is 2.32. The Labute approximate surface area is 116 Å². The van der Waals surface area contributed by atoms with Gasteiger partial charge in [-0.1, -0.05) is 6.07 Å². The van der Waals surface area contributed by atoms with E-state index in [0.717, 1.165) is 25.7 Å². The summed E-state index contributed by atoms with van der Waals surface area (Å²) in [6, 6.07) is 7.54. The van der Waals surface area contributed by atoms with E-state index in [9.17, 15) is 13.2 Å². The topological polar surface area (TPSA) is 30.3 Å². The maximum absolute atomic E-state index is 12.7. The molecule has 0 radical (unpaired) electrons. The van der Waals surface area contributed by atoms with Gasteiger partial charge in [0, 0.05) is 44.8 Å². The molecule has 1 heterocycles. The van der Waals surface area contributed by atoms with Crippen molar-refractivity contribution < 1.29 is 13.2 Å². The van der Waals surface area contributed by atoms with E-state index in [-0.39, 0.29) is 0 Å². The number of hydrogen-bond donors (Lipinski definition) is 0. The van der Waals surface area contributed by atoms with Gasteiger partial charge in [-0.2, -0.15) is 18.4 Å². The van der Waals surface area contributed by atoms with Gasteiger partial charge in [-0.25, -0.2) is 0 Å². The van der Waals surface area contributed by atoms with E-state index in [1.54, 1.807) is 6.07 Å². The molecule has 1 aliphatic rings. The molecule has 0 bridgehead atoms. The zero-order chi connectivity index (χ0) is 14.6. The van der Waals surface area contributed by atoms with Crippen LogP contribution in [0.2, 0.25) is 0 Å². The van der Waals surface area contributed by atoms with Gasteiger partial charge in [0.15, 0.2) is 0 Å². The van der Waals surface area contributed by atoms with E-state index in [4.69, 9.17) is 5.26 Å². The second kappa shape index (κ2) is 6.14. The Morgan fingerprint density at radius 3 is 2.45 bits per heavy atom. The molecule has 1 saturated heterocycles. The number of hydrogen-bond acceptors (Lipinski definition) is 3. The number of nitrogens with zero attached hydrogens (tertiary/aromatic N) is 3. The molecule has 1 aliphatic heterocycles. The van der Waals surface area contributed by atoms with E-state index >= 15 is 0 Å². The van der Waals surface area contributed by atoms with E-state index in [2.05, 4.69) is 11.0 Å². The van der Waals surface area contributed by atoms with Crippen molar-refractivity contribution in [3.8, 4) is 6.07 Å². The summed E-state index contributed by atoms with van der Waals surface area (Å²) in [5, 5.41) is 8.54. The van der Waals surface area contributed by atoms with Crippen LogP contribution in [0.15, 0.2) is 24.3 Å². The Kier molecular flexibility index (Phi) is 4.50. The molecular formula is C14H16F3N3. The number of piperazine rings is 1. The first kappa shape index (κ1) is 14.7. The minimum absolute atomic E-state index is 0.490. The number of alkyl halides is 3. The first-order valence-corrected chi connectivity index (χ1v) is 6.52. The Morgan fingerprint density at radius 2 is 1.85 bits per heavy atom. The number of benzene rings is 1. The second-order valence-corrected chi connectivity index (χ2v) is 4.78. The molecule has 0 saturated carbocycles. The van der Waals surface area contributed by atoms with Crippen LogP contribution in [-0.2, 0) is 6.18 Å². The van der Waals surface area contributed by atoms with E-state index in [1.807, 2.05) is 4.90 Å². The lowest BCUT2D eigenvalue weighted by molar-refractivity contribution is -0.137. The summed E-state index contributed by atoms with van der Waals surface area (Å²) < 4.78 is 38.0. The smallest absolute Gasteiger partial charge is 0.369 e. The van der Waals surface area contributed by atoms with Crippen molar-refractivity contribution in [1.82, 2.24) is 4.90 Å². The molecule has 6 heteroatoms. The van der Waals surface area contributed by atoms with Gasteiger partial charge in [0.1, 0.15) is 0 Å². The van der Waals surface area contributed by atoms with E-state index in [1.165, 1.54) is 12.1 Å². The summed E-state index contributed by atoms with van der Waals surface area (Å²) >= 11 is 0. The van der Waals surface area contributed by atoms with Crippen LogP contribution in [0.25, 0.3) is 0 Å². The lowest BCUT2D eigenvalue weighted by atomic mass is 10.1. The predicted octanol–water partition coefficient (Wildman–Crippen LogP) is 2.74. The molecule has 0 unspecified atom stereocenters. The number of anilines is 1. The van der Waals surface area contributed by atoms with Crippen molar-refractivity contribution in [3.63, 3.8) is 0 Å². The van der Waals surface area contributed by atoms with Gasteiger partial charge >= 0.3 is 6.18 Å². The van der Waals surface area contributed by atoms with Gasteiger partial charge in [-0.15, -0.1) is 0 Å². The van der Waals surface area contributed by atoms with Gasteiger partial charge < -0.3 is 4.90 Å². The first-order chi connectivity index (χ1) is 9.50. The van der Waals surface area contributed by atoms with E-state index in [0.29, 0.717) is 25.2 Å². The summed E-state index contributed by atoms with van der Waals surface area (Å²) in [4.78, 5) is 4.12. The fourth-order valence-electron chi connectivity index (χ4n) is 2.32. The van der Waals surface area contributed by atoms with Crippen LogP contribution >= 0.6 is 0 Å². The van der Waals surface area contributed by atoms with Crippen LogP contribution in [0.5, 0.6) is 0 Å². The largest absolute Gasteiger partial charge is 0.416 e. The van der Waals surface area contributed by atoms with Gasteiger partial charge in [0.2, 0.25) is 0 Å². The lowest BCUT2D eigenvalue weighted by Gasteiger charge is -2.36. The van der Waals surface area contributed by atoms with Crippen molar-refractivity contribution in [3.05, 3.63) is 29.8 Å². The van der Waals surface area contributed by atoms with E-state index < -0.39 is 11.7 Å². The first-order valence-electron chi connectivity index (χ1n) is 6.52. The monoisotopic (exact) mass is 283 g/mol. The zero-order valence-electron chi connectivity index (χ0n) is 11.0. The third kappa shape index (κ3) is 3.64. The van der Waals surface area contributed by atoms with Gasteiger partial charge in [0.05, 0.1) is 11.6 Å². The molecular weight excluding hydrogens is 267 g/mol. The average Bonchev–Trinajstić information content (AvgIpc) is 2.45. The Hall–Kier alpha value is -1.74. The van der Waals surface area contributed by atoms with Crippen LogP contribution in [-0.4, -0.2) is 37.6 Å². The molecule has 0 N–H and O–H groups in total. The minimum Gasteiger partial charge on any atom is -0.369 e. The standard InChI is InChI=1S/C14H16F3N3/c15-14(16,17)12-3-1-4-13(11-12)20-9-7-19(8-10-20)6-2-5-18/h1,3-4,11H,2,6-10H2. The molecule has 20 heavy (non-hydrogen) atoms. The summed E-state index contributed by atoms with van der Waals surface area (Å²) in [5.41, 5.74) is 0.00154. The highest BCUT2D eigenvalue weighted by atomic mass is 19.4. The number of halogens is 3. The fraction of sp³-hybridized carbons (Fsp3) is 0.500. The van der Waals surface area contributed by atoms with Crippen molar-refractivity contribution >= 4 is 5.69 Å². The summed E-state index contributed by atoms with van der Waals surface area (Å²) in [6.07, 6.45) is -3.81. The molecule has 0 aliphatic carbocycles. The summed E-state index contributed by atoms with van der Waals surface area (Å²) in [5.74, 6) is 0. The third-order valence-corrected chi connectivity index (χ3v) is 3.45. The highest BCUT2D eigenvalue weighted by Crippen LogP contribution is 2.31. The maximum atomic E-state index is 12.7. The van der Waals surface area contributed by atoms with Crippen molar-refractivity contribution in [2.24, 2.45) is 0 Å². The van der Waals surface area contributed by atoms with Crippen LogP contribution in [0.3, 0.4) is 0 Å². The van der Waals surface area contributed by atoms with Crippen LogP contribution in [0.1, 0.15) is 12.0 Å². The second-order valence-electron chi connectivity index (χ2n) is 4.78. The van der Waals surface area contributed by atoms with Crippen LogP contribution in [0.4, 0.5) is 18.9 Å². The Bertz CT molecular complexity index is 485. The number of rotatable bonds is 3. The Balaban J connectivity index is 1.99. The van der Waals surface area contributed by atoms with Crippen LogP contribution < -0.4 is 4.90 Å². The molecule has 108 valence electrons. The van der Waals surface area contributed by atoms with Gasteiger partial charge in [0.25, 0.3) is 0 Å². The zero-order valence-corrected chi connectivity index (χ0v) is 11.0. The SMILES string of the molecule is N#CCCN1CCN(c2cccc(C(F)(F)F)c2)CC1. The minimum atomic E-state index is -4.30. The molecule has 0 aromatic heterocycles. The highest BCUT2D eigenvalue weighted by Gasteiger charge is 2.31. The molecule has 2 rings (SSSR count). The summed E-state index contributed by atoms with van der Waals surface area (Å²) in [6.45, 7) is 3.66. The lowest BCUT2D eigenvalue weighted by Crippen LogP contribution is -2.46. The molecule has 1 fully saturated rings. The summed E-state index contributed by atoms with van der Waals surface area (Å²) in [7, 11) is 0. The molecule has 0 atom stereocenters. The molecule has 1 aromatic rings. The normalized spacial score (nSPS) is 17.0. The highest BCUT2D eigenvalue weighted by molar-refractivity contribution is 5.49. The molecule has 1 aromatic carbocycles. The maximum Gasteiger partial charge on any atom is 0.416 e.